The van der Waals surface area contributed by atoms with Crippen molar-refractivity contribution in [1.82, 2.24) is 15.2 Å². The zero-order valence-corrected chi connectivity index (χ0v) is 17.6. The van der Waals surface area contributed by atoms with Crippen molar-refractivity contribution < 1.29 is 9.59 Å². The van der Waals surface area contributed by atoms with Gasteiger partial charge in [-0.1, -0.05) is 23.8 Å². The third kappa shape index (κ3) is 7.51. The Morgan fingerprint density at radius 3 is 2.48 bits per heavy atom. The normalized spacial score (nSPS) is 15.1. The van der Waals surface area contributed by atoms with Crippen LogP contribution in [0.15, 0.2) is 48.7 Å². The van der Waals surface area contributed by atoms with E-state index < -0.39 is 0 Å². The van der Waals surface area contributed by atoms with E-state index in [1.807, 2.05) is 55.6 Å². The molecule has 0 spiro atoms. The highest BCUT2D eigenvalue weighted by atomic mass is 32.2. The van der Waals surface area contributed by atoms with Gasteiger partial charge in [0.2, 0.25) is 11.8 Å². The molecule has 0 unspecified atom stereocenters. The molecule has 0 aliphatic carbocycles. The molecule has 0 atom stereocenters. The highest BCUT2D eigenvalue weighted by Gasteiger charge is 2.21. The highest BCUT2D eigenvalue weighted by Crippen LogP contribution is 2.14. The summed E-state index contributed by atoms with van der Waals surface area (Å²) in [4.78, 5) is 30.9. The van der Waals surface area contributed by atoms with E-state index in [0.717, 1.165) is 49.4 Å². The number of aromatic nitrogens is 1. The summed E-state index contributed by atoms with van der Waals surface area (Å²) in [5, 5.41) is 5.95. The van der Waals surface area contributed by atoms with Gasteiger partial charge in [0.1, 0.15) is 0 Å². The monoisotopic (exact) mass is 412 g/mol. The first-order chi connectivity index (χ1) is 14.1. The molecule has 0 bridgehead atoms. The van der Waals surface area contributed by atoms with Crippen LogP contribution in [0.1, 0.15) is 24.1 Å². The molecule has 1 aromatic carbocycles. The number of piperidine rings is 1. The summed E-state index contributed by atoms with van der Waals surface area (Å²) in [5.74, 6) is 0.482. The number of benzene rings is 1. The average molecular weight is 413 g/mol. The standard InChI is InChI=1S/C22H28N4O2S/c1-17-5-7-18(8-6-17)24-21(27)15-29-16-22(28)25-19-9-12-26(13-10-19)14-20-4-2-3-11-23-20/h2-8,11,19H,9-10,12-16H2,1H3,(H,24,27)(H,25,28). The van der Waals surface area contributed by atoms with Crippen LogP contribution in [0.2, 0.25) is 0 Å². The average Bonchev–Trinajstić information content (AvgIpc) is 2.72. The minimum Gasteiger partial charge on any atom is -0.353 e. The summed E-state index contributed by atoms with van der Waals surface area (Å²) in [6.45, 7) is 4.76. The quantitative estimate of drug-likeness (QED) is 0.697. The van der Waals surface area contributed by atoms with Crippen molar-refractivity contribution in [3.8, 4) is 0 Å². The molecule has 2 N–H and O–H groups in total. The molecule has 29 heavy (non-hydrogen) atoms. The number of nitrogens with zero attached hydrogens (tertiary/aromatic N) is 2. The molecule has 154 valence electrons. The smallest absolute Gasteiger partial charge is 0.234 e. The Bertz CT molecular complexity index is 790. The molecule has 0 saturated carbocycles. The molecule has 0 radical (unpaired) electrons. The number of amides is 2. The lowest BCUT2D eigenvalue weighted by molar-refractivity contribution is -0.119. The number of thioether (sulfide) groups is 1. The molecule has 2 aromatic rings. The lowest BCUT2D eigenvalue weighted by Gasteiger charge is -2.32. The second-order valence-electron chi connectivity index (χ2n) is 7.35. The van der Waals surface area contributed by atoms with Crippen LogP contribution < -0.4 is 10.6 Å². The van der Waals surface area contributed by atoms with E-state index in [1.54, 1.807) is 0 Å². The fourth-order valence-electron chi connectivity index (χ4n) is 3.30. The maximum Gasteiger partial charge on any atom is 0.234 e. The summed E-state index contributed by atoms with van der Waals surface area (Å²) >= 11 is 1.34. The van der Waals surface area contributed by atoms with Crippen molar-refractivity contribution in [3.63, 3.8) is 0 Å². The molecule has 2 amide bonds. The number of rotatable bonds is 8. The van der Waals surface area contributed by atoms with Crippen LogP contribution in [-0.4, -0.2) is 52.3 Å². The number of pyridine rings is 1. The summed E-state index contributed by atoms with van der Waals surface area (Å²) < 4.78 is 0. The topological polar surface area (TPSA) is 74.3 Å². The van der Waals surface area contributed by atoms with Crippen molar-refractivity contribution in [2.24, 2.45) is 0 Å². The van der Waals surface area contributed by atoms with Crippen LogP contribution in [0, 0.1) is 6.92 Å². The van der Waals surface area contributed by atoms with Gasteiger partial charge in [-0.2, -0.15) is 0 Å². The number of likely N-dealkylation sites (tertiary alicyclic amines) is 1. The van der Waals surface area contributed by atoms with Crippen molar-refractivity contribution in [2.45, 2.75) is 32.4 Å². The van der Waals surface area contributed by atoms with Crippen LogP contribution in [0.3, 0.4) is 0 Å². The number of anilines is 1. The van der Waals surface area contributed by atoms with E-state index in [2.05, 4.69) is 20.5 Å². The van der Waals surface area contributed by atoms with Crippen LogP contribution in [0.4, 0.5) is 5.69 Å². The molecule has 1 fully saturated rings. The van der Waals surface area contributed by atoms with Crippen molar-refractivity contribution >= 4 is 29.3 Å². The predicted octanol–water partition coefficient (Wildman–Crippen LogP) is 2.84. The van der Waals surface area contributed by atoms with Gasteiger partial charge in [0.15, 0.2) is 0 Å². The number of nitrogens with one attached hydrogen (secondary N) is 2. The number of carbonyl (C=O) groups excluding carboxylic acids is 2. The van der Waals surface area contributed by atoms with Gasteiger partial charge in [0.05, 0.1) is 17.2 Å². The maximum atomic E-state index is 12.2. The second-order valence-corrected chi connectivity index (χ2v) is 8.33. The molecular formula is C22H28N4O2S. The lowest BCUT2D eigenvalue weighted by atomic mass is 10.0. The first-order valence-electron chi connectivity index (χ1n) is 9.94. The Hall–Kier alpha value is -2.38. The SMILES string of the molecule is Cc1ccc(NC(=O)CSCC(=O)NC2CCN(Cc3ccccn3)CC2)cc1. The zero-order chi connectivity index (χ0) is 20.5. The summed E-state index contributed by atoms with van der Waals surface area (Å²) in [6.07, 6.45) is 3.70. The van der Waals surface area contributed by atoms with E-state index in [0.29, 0.717) is 5.75 Å². The van der Waals surface area contributed by atoms with Gasteiger partial charge in [-0.3, -0.25) is 19.5 Å². The van der Waals surface area contributed by atoms with Gasteiger partial charge in [0, 0.05) is 37.6 Å². The van der Waals surface area contributed by atoms with E-state index in [9.17, 15) is 9.59 Å². The van der Waals surface area contributed by atoms with Crippen LogP contribution in [0.5, 0.6) is 0 Å². The number of hydrogen-bond donors (Lipinski definition) is 2. The zero-order valence-electron chi connectivity index (χ0n) is 16.8. The predicted molar refractivity (Wildman–Crippen MR) is 118 cm³/mol. The molecular weight excluding hydrogens is 384 g/mol. The summed E-state index contributed by atoms with van der Waals surface area (Å²) in [6, 6.07) is 13.9. The molecule has 1 aromatic heterocycles. The molecule has 3 rings (SSSR count). The lowest BCUT2D eigenvalue weighted by Crippen LogP contribution is -2.45. The third-order valence-corrected chi connectivity index (χ3v) is 5.80. The fraction of sp³-hybridized carbons (Fsp3) is 0.409. The minimum atomic E-state index is -0.0884. The van der Waals surface area contributed by atoms with E-state index in [1.165, 1.54) is 11.8 Å². The Morgan fingerprint density at radius 2 is 1.79 bits per heavy atom. The van der Waals surface area contributed by atoms with Gasteiger partial charge < -0.3 is 10.6 Å². The number of carbonyl (C=O) groups is 2. The van der Waals surface area contributed by atoms with E-state index in [-0.39, 0.29) is 23.6 Å². The molecule has 1 aliphatic rings. The summed E-state index contributed by atoms with van der Waals surface area (Å²) in [5.41, 5.74) is 3.01. The van der Waals surface area contributed by atoms with E-state index >= 15 is 0 Å². The van der Waals surface area contributed by atoms with Gasteiger partial charge in [-0.25, -0.2) is 0 Å². The fourth-order valence-corrected chi connectivity index (χ4v) is 3.92. The number of hydrogen-bond acceptors (Lipinski definition) is 5. The first-order valence-corrected chi connectivity index (χ1v) is 11.1. The molecule has 7 heteroatoms. The molecule has 6 nitrogen and oxygen atoms in total. The van der Waals surface area contributed by atoms with Gasteiger partial charge in [-0.15, -0.1) is 11.8 Å². The van der Waals surface area contributed by atoms with Crippen molar-refractivity contribution in [2.75, 3.05) is 29.9 Å². The molecule has 1 saturated heterocycles. The second kappa shape index (κ2) is 11.0. The van der Waals surface area contributed by atoms with Crippen LogP contribution in [-0.2, 0) is 16.1 Å². The number of aryl methyl sites for hydroxylation is 1. The third-order valence-electron chi connectivity index (χ3n) is 4.87. The van der Waals surface area contributed by atoms with Gasteiger partial charge >= 0.3 is 0 Å². The van der Waals surface area contributed by atoms with Gasteiger partial charge in [0.25, 0.3) is 0 Å². The largest absolute Gasteiger partial charge is 0.353 e. The van der Waals surface area contributed by atoms with Crippen molar-refractivity contribution in [3.05, 3.63) is 59.9 Å². The van der Waals surface area contributed by atoms with Crippen LogP contribution >= 0.6 is 11.8 Å². The Balaban J connectivity index is 1.29. The van der Waals surface area contributed by atoms with Crippen LogP contribution in [0.25, 0.3) is 0 Å². The Morgan fingerprint density at radius 1 is 1.07 bits per heavy atom. The highest BCUT2D eigenvalue weighted by molar-refractivity contribution is 8.00. The maximum absolute atomic E-state index is 12.2. The Kier molecular flexibility index (Phi) is 8.07. The summed E-state index contributed by atoms with van der Waals surface area (Å²) in [7, 11) is 0. The molecule has 2 heterocycles. The first kappa shape index (κ1) is 21.3. The van der Waals surface area contributed by atoms with Gasteiger partial charge in [-0.05, 0) is 44.0 Å². The van der Waals surface area contributed by atoms with Crippen molar-refractivity contribution in [1.29, 1.82) is 0 Å². The molecule has 1 aliphatic heterocycles. The Labute approximate surface area is 176 Å². The van der Waals surface area contributed by atoms with E-state index in [4.69, 9.17) is 0 Å². The minimum absolute atomic E-state index is 0.00121.